The normalized spacial score (nSPS) is 11.7. The number of benzene rings is 2. The van der Waals surface area contributed by atoms with Gasteiger partial charge in [0.1, 0.15) is 29.7 Å². The fraction of sp³-hybridized carbons (Fsp3) is 0.333. The first-order valence-electron chi connectivity index (χ1n) is 13.0. The van der Waals surface area contributed by atoms with Gasteiger partial charge in [0.05, 0.1) is 6.20 Å². The van der Waals surface area contributed by atoms with Gasteiger partial charge in [-0.1, -0.05) is 42.5 Å². The van der Waals surface area contributed by atoms with Gasteiger partial charge >= 0.3 is 12.1 Å². The summed E-state index contributed by atoms with van der Waals surface area (Å²) in [6.45, 7) is 5.59. The topological polar surface area (TPSA) is 136 Å². The van der Waals surface area contributed by atoms with Crippen molar-refractivity contribution in [1.82, 2.24) is 15.8 Å². The number of rotatable bonds is 12. The summed E-state index contributed by atoms with van der Waals surface area (Å²) in [5, 5.41) is 11.2. The molecule has 40 heavy (non-hydrogen) atoms. The number of hydrogen-bond acceptors (Lipinski definition) is 8. The minimum Gasteiger partial charge on any atom is -0.487 e. The van der Waals surface area contributed by atoms with E-state index in [4.69, 9.17) is 19.4 Å². The molecule has 212 valence electrons. The third-order valence-corrected chi connectivity index (χ3v) is 5.57. The molecule has 3 aromatic rings. The van der Waals surface area contributed by atoms with Gasteiger partial charge in [-0.2, -0.15) is 0 Å². The first-order chi connectivity index (χ1) is 19.1. The molecule has 0 spiro atoms. The predicted molar refractivity (Wildman–Crippen MR) is 147 cm³/mol. The number of nitrogens with one attached hydrogen (secondary N) is 2. The molecule has 2 amide bonds. The van der Waals surface area contributed by atoms with Gasteiger partial charge in [0.2, 0.25) is 5.91 Å². The molecule has 0 saturated heterocycles. The molecular formula is C30H35N3O7. The van der Waals surface area contributed by atoms with Gasteiger partial charge in [-0.3, -0.25) is 15.0 Å². The van der Waals surface area contributed by atoms with Crippen LogP contribution in [0.15, 0.2) is 72.9 Å². The summed E-state index contributed by atoms with van der Waals surface area (Å²) in [6, 6.07) is 19.0. The van der Waals surface area contributed by atoms with E-state index in [0.29, 0.717) is 36.6 Å². The summed E-state index contributed by atoms with van der Waals surface area (Å²) >= 11 is 0. The van der Waals surface area contributed by atoms with Crippen molar-refractivity contribution in [2.75, 3.05) is 0 Å². The summed E-state index contributed by atoms with van der Waals surface area (Å²) < 4.78 is 16.7. The first kappa shape index (κ1) is 30.1. The Hall–Kier alpha value is -4.44. The molecule has 1 atom stereocenters. The molecule has 0 aliphatic heterocycles. The van der Waals surface area contributed by atoms with E-state index in [-0.39, 0.29) is 12.8 Å². The average Bonchev–Trinajstić information content (AvgIpc) is 2.92. The fourth-order valence-electron chi connectivity index (χ4n) is 3.63. The van der Waals surface area contributed by atoms with Crippen molar-refractivity contribution in [1.29, 1.82) is 0 Å². The van der Waals surface area contributed by atoms with Crippen LogP contribution in [0.1, 0.15) is 50.4 Å². The Morgan fingerprint density at radius 2 is 1.62 bits per heavy atom. The van der Waals surface area contributed by atoms with Gasteiger partial charge in [-0.25, -0.2) is 15.1 Å². The zero-order valence-electron chi connectivity index (χ0n) is 22.9. The number of hydrogen-bond donors (Lipinski definition) is 3. The lowest BCUT2D eigenvalue weighted by atomic mass is 10.1. The lowest BCUT2D eigenvalue weighted by molar-refractivity contribution is -0.136. The van der Waals surface area contributed by atoms with E-state index in [0.717, 1.165) is 11.1 Å². The maximum atomic E-state index is 13.1. The molecule has 1 aromatic heterocycles. The van der Waals surface area contributed by atoms with E-state index in [9.17, 15) is 14.4 Å². The second-order valence-corrected chi connectivity index (χ2v) is 10.1. The van der Waals surface area contributed by atoms with E-state index in [1.54, 1.807) is 68.8 Å². The number of pyridine rings is 1. The molecule has 3 rings (SSSR count). The van der Waals surface area contributed by atoms with E-state index >= 15 is 0 Å². The second kappa shape index (κ2) is 14.6. The van der Waals surface area contributed by atoms with E-state index < -0.39 is 29.6 Å². The van der Waals surface area contributed by atoms with Crippen LogP contribution in [0.3, 0.4) is 0 Å². The number of carbonyl (C=O) groups excluding carboxylic acids is 3. The van der Waals surface area contributed by atoms with Gasteiger partial charge in [-0.05, 0) is 69.0 Å². The molecule has 0 unspecified atom stereocenters. The highest BCUT2D eigenvalue weighted by atomic mass is 16.6. The number of hydroxylamine groups is 1. The lowest BCUT2D eigenvalue weighted by Gasteiger charge is -2.23. The summed E-state index contributed by atoms with van der Waals surface area (Å²) in [4.78, 5) is 41.1. The van der Waals surface area contributed by atoms with E-state index in [1.807, 2.05) is 30.3 Å². The maximum Gasteiger partial charge on any atom is 0.408 e. The second-order valence-electron chi connectivity index (χ2n) is 10.1. The van der Waals surface area contributed by atoms with Crippen molar-refractivity contribution in [3.63, 3.8) is 0 Å². The van der Waals surface area contributed by atoms with Crippen molar-refractivity contribution in [3.05, 3.63) is 89.7 Å². The highest BCUT2D eigenvalue weighted by molar-refractivity contribution is 5.83. The lowest BCUT2D eigenvalue weighted by Crippen LogP contribution is -2.46. The van der Waals surface area contributed by atoms with Crippen LogP contribution in [0.25, 0.3) is 0 Å². The standard InChI is InChI=1S/C30H35N3O7/c1-30(2,3)40-29(36)32-26(18-23-14-17-25(19-31-23)38-20-22-8-5-4-6-9-22)28(35)39-24-15-12-21(13-16-24)10-7-11-27(34)33-37/h4-6,8-9,12-17,19,26,37H,7,10-11,18,20H2,1-3H3,(H,32,36)(H,33,34)/t26-/m1/s1. The number of alkyl carbamates (subject to hydrolysis) is 1. The molecule has 0 aliphatic carbocycles. The largest absolute Gasteiger partial charge is 0.487 e. The number of aryl methyl sites for hydroxylation is 1. The minimum atomic E-state index is -1.06. The van der Waals surface area contributed by atoms with E-state index in [1.165, 1.54) is 0 Å². The molecule has 0 bridgehead atoms. The molecule has 0 aliphatic rings. The average molecular weight is 550 g/mol. The Labute approximate surface area is 233 Å². The van der Waals surface area contributed by atoms with Crippen molar-refractivity contribution >= 4 is 18.0 Å². The summed E-state index contributed by atoms with van der Waals surface area (Å²) in [5.41, 5.74) is 3.37. The third kappa shape index (κ3) is 10.7. The molecule has 3 N–H and O–H groups in total. The van der Waals surface area contributed by atoms with Crippen LogP contribution in [0.4, 0.5) is 4.79 Å². The summed E-state index contributed by atoms with van der Waals surface area (Å²) in [5.74, 6) is -0.248. The van der Waals surface area contributed by atoms with Gasteiger partial charge in [-0.15, -0.1) is 0 Å². The van der Waals surface area contributed by atoms with Crippen LogP contribution < -0.4 is 20.3 Å². The van der Waals surface area contributed by atoms with Crippen LogP contribution in [0.2, 0.25) is 0 Å². The van der Waals surface area contributed by atoms with Crippen LogP contribution >= 0.6 is 0 Å². The zero-order valence-corrected chi connectivity index (χ0v) is 22.9. The van der Waals surface area contributed by atoms with Crippen molar-refractivity contribution in [3.8, 4) is 11.5 Å². The number of ether oxygens (including phenoxy) is 3. The monoisotopic (exact) mass is 549 g/mol. The van der Waals surface area contributed by atoms with E-state index in [2.05, 4.69) is 10.3 Å². The summed E-state index contributed by atoms with van der Waals surface area (Å²) in [7, 11) is 0. The van der Waals surface area contributed by atoms with Gasteiger partial charge in [0, 0.05) is 18.5 Å². The van der Waals surface area contributed by atoms with Gasteiger partial charge in [0.15, 0.2) is 0 Å². The smallest absolute Gasteiger partial charge is 0.408 e. The molecule has 10 nitrogen and oxygen atoms in total. The number of nitrogens with zero attached hydrogens (tertiary/aromatic N) is 1. The Bertz CT molecular complexity index is 1240. The van der Waals surface area contributed by atoms with Crippen LogP contribution in [-0.2, 0) is 33.8 Å². The Morgan fingerprint density at radius 1 is 0.925 bits per heavy atom. The van der Waals surface area contributed by atoms with Crippen molar-refractivity contribution < 1.29 is 33.8 Å². The van der Waals surface area contributed by atoms with Gasteiger partial charge < -0.3 is 19.5 Å². The molecule has 0 fully saturated rings. The van der Waals surface area contributed by atoms with Gasteiger partial charge in [0.25, 0.3) is 0 Å². The minimum absolute atomic E-state index is 0.0715. The highest BCUT2D eigenvalue weighted by Gasteiger charge is 2.27. The third-order valence-electron chi connectivity index (χ3n) is 5.57. The Balaban J connectivity index is 1.63. The predicted octanol–water partition coefficient (Wildman–Crippen LogP) is 4.53. The quantitative estimate of drug-likeness (QED) is 0.130. The van der Waals surface area contributed by atoms with Crippen LogP contribution in [-0.4, -0.2) is 39.8 Å². The number of amides is 2. The van der Waals surface area contributed by atoms with Crippen molar-refractivity contribution in [2.45, 2.75) is 64.7 Å². The summed E-state index contributed by atoms with van der Waals surface area (Å²) in [6.07, 6.45) is 2.25. The highest BCUT2D eigenvalue weighted by Crippen LogP contribution is 2.17. The molecule has 10 heteroatoms. The fourth-order valence-corrected chi connectivity index (χ4v) is 3.63. The van der Waals surface area contributed by atoms with Crippen LogP contribution in [0, 0.1) is 0 Å². The molecule has 2 aromatic carbocycles. The number of esters is 1. The molecule has 0 radical (unpaired) electrons. The maximum absolute atomic E-state index is 13.1. The first-order valence-corrected chi connectivity index (χ1v) is 13.0. The van der Waals surface area contributed by atoms with Crippen molar-refractivity contribution in [2.24, 2.45) is 0 Å². The molecular weight excluding hydrogens is 514 g/mol. The molecule has 0 saturated carbocycles. The number of aromatic nitrogens is 1. The SMILES string of the molecule is CC(C)(C)OC(=O)N[C@H](Cc1ccc(OCc2ccccc2)cn1)C(=O)Oc1ccc(CCCC(=O)NO)cc1. The molecule has 1 heterocycles. The Morgan fingerprint density at radius 3 is 2.25 bits per heavy atom. The number of carbonyl (C=O) groups is 3. The zero-order chi connectivity index (χ0) is 29.0. The Kier molecular flexibility index (Phi) is 11.0. The van der Waals surface area contributed by atoms with Crippen LogP contribution in [0.5, 0.6) is 11.5 Å².